The number of carbonyl (C=O) groups excluding carboxylic acids is 1. The molecule has 202 valence electrons. The lowest BCUT2D eigenvalue weighted by atomic mass is 10.0. The monoisotopic (exact) mass is 552 g/mol. The summed E-state index contributed by atoms with van der Waals surface area (Å²) >= 11 is 5.86. The van der Waals surface area contributed by atoms with Gasteiger partial charge in [-0.25, -0.2) is 4.98 Å². The minimum atomic E-state index is -4.85. The lowest BCUT2D eigenvalue weighted by Gasteiger charge is -2.14. The molecular formula is C21H23ClF6N8O. The van der Waals surface area contributed by atoms with E-state index in [2.05, 4.69) is 36.0 Å². The molecule has 0 saturated heterocycles. The average molecular weight is 553 g/mol. The van der Waals surface area contributed by atoms with Gasteiger partial charge in [0.2, 0.25) is 5.28 Å². The van der Waals surface area contributed by atoms with Gasteiger partial charge in [-0.05, 0) is 53.4 Å². The zero-order valence-corrected chi connectivity index (χ0v) is 20.2. The summed E-state index contributed by atoms with van der Waals surface area (Å²) in [4.78, 5) is 20.2. The molecule has 3 rings (SSSR count). The highest BCUT2D eigenvalue weighted by molar-refractivity contribution is 6.28. The Bertz CT molecular complexity index is 1210. The fraction of sp³-hybridized carbons (Fsp3) is 0.476. The Morgan fingerprint density at radius 1 is 1.11 bits per heavy atom. The molecule has 0 aliphatic carbocycles. The van der Waals surface area contributed by atoms with Crippen LogP contribution in [0, 0.1) is 0 Å². The molecule has 0 bridgehead atoms. The van der Waals surface area contributed by atoms with Crippen molar-refractivity contribution in [2.45, 2.75) is 51.5 Å². The molecule has 0 aliphatic heterocycles. The fourth-order valence-electron chi connectivity index (χ4n) is 3.34. The smallest absolute Gasteiger partial charge is 0.368 e. The molecule has 0 unspecified atom stereocenters. The van der Waals surface area contributed by atoms with Gasteiger partial charge in [0.25, 0.3) is 5.91 Å². The minimum absolute atomic E-state index is 0.0537. The first-order valence-electron chi connectivity index (χ1n) is 11.2. The summed E-state index contributed by atoms with van der Waals surface area (Å²) in [7, 11) is 0. The molecule has 1 aromatic carbocycles. The number of amides is 1. The van der Waals surface area contributed by atoms with E-state index in [1.54, 1.807) is 0 Å². The van der Waals surface area contributed by atoms with E-state index >= 15 is 0 Å². The molecule has 16 heteroatoms. The van der Waals surface area contributed by atoms with Crippen molar-refractivity contribution in [2.75, 3.05) is 18.4 Å². The fourth-order valence-corrected chi connectivity index (χ4v) is 3.52. The maximum Gasteiger partial charge on any atom is 0.416 e. The van der Waals surface area contributed by atoms with Crippen LogP contribution in [-0.4, -0.2) is 49.2 Å². The Kier molecular flexibility index (Phi) is 8.99. The summed E-state index contributed by atoms with van der Waals surface area (Å²) in [6.45, 7) is 2.97. The average Bonchev–Trinajstić information content (AvgIpc) is 3.41. The number of H-pyrrole nitrogens is 1. The van der Waals surface area contributed by atoms with E-state index in [1.165, 1.54) is 0 Å². The van der Waals surface area contributed by atoms with Gasteiger partial charge in [-0.15, -0.1) is 10.2 Å². The number of halogens is 7. The Morgan fingerprint density at radius 2 is 1.86 bits per heavy atom. The molecule has 0 spiro atoms. The molecule has 0 fully saturated rings. The van der Waals surface area contributed by atoms with Crippen molar-refractivity contribution in [1.82, 2.24) is 35.5 Å². The third-order valence-corrected chi connectivity index (χ3v) is 5.31. The van der Waals surface area contributed by atoms with Gasteiger partial charge in [-0.1, -0.05) is 13.3 Å². The Balaban J connectivity index is 1.57. The van der Waals surface area contributed by atoms with E-state index in [0.29, 0.717) is 37.0 Å². The van der Waals surface area contributed by atoms with Crippen LogP contribution in [-0.2, 0) is 25.3 Å². The Morgan fingerprint density at radius 3 is 2.54 bits per heavy atom. The quantitative estimate of drug-likeness (QED) is 0.235. The van der Waals surface area contributed by atoms with Gasteiger partial charge in [0.05, 0.1) is 17.7 Å². The van der Waals surface area contributed by atoms with Gasteiger partial charge in [-0.3, -0.25) is 4.79 Å². The van der Waals surface area contributed by atoms with Gasteiger partial charge in [0, 0.05) is 19.5 Å². The van der Waals surface area contributed by atoms with E-state index in [1.807, 2.05) is 6.92 Å². The number of imidazole rings is 1. The summed E-state index contributed by atoms with van der Waals surface area (Å²) < 4.78 is 78.8. The van der Waals surface area contributed by atoms with Crippen molar-refractivity contribution in [3.63, 3.8) is 0 Å². The molecule has 9 nitrogen and oxygen atoms in total. The Labute approximate surface area is 212 Å². The van der Waals surface area contributed by atoms with E-state index in [9.17, 15) is 31.1 Å². The van der Waals surface area contributed by atoms with Crippen LogP contribution in [0.2, 0.25) is 5.28 Å². The van der Waals surface area contributed by atoms with Crippen LogP contribution < -0.4 is 10.6 Å². The molecule has 0 atom stereocenters. The second-order valence-corrected chi connectivity index (χ2v) is 8.34. The van der Waals surface area contributed by atoms with Crippen LogP contribution in [0.25, 0.3) is 0 Å². The number of hydrogen-bond acceptors (Lipinski definition) is 6. The number of aryl methyl sites for hydroxylation is 1. The second kappa shape index (κ2) is 11.8. The number of nitrogens with one attached hydrogen (secondary N) is 3. The van der Waals surface area contributed by atoms with Crippen LogP contribution in [0.4, 0.5) is 32.2 Å². The molecular weight excluding hydrogens is 530 g/mol. The first-order valence-corrected chi connectivity index (χ1v) is 11.6. The number of carbonyl (C=O) groups is 1. The van der Waals surface area contributed by atoms with Crippen LogP contribution >= 0.6 is 11.6 Å². The van der Waals surface area contributed by atoms with Crippen molar-refractivity contribution in [1.29, 1.82) is 0 Å². The van der Waals surface area contributed by atoms with Gasteiger partial charge < -0.3 is 15.6 Å². The van der Waals surface area contributed by atoms with Crippen LogP contribution in [0.5, 0.6) is 0 Å². The first kappa shape index (κ1) is 28.2. The van der Waals surface area contributed by atoms with E-state index in [0.717, 1.165) is 17.6 Å². The summed E-state index contributed by atoms with van der Waals surface area (Å²) in [6, 6.07) is 1.21. The molecule has 0 radical (unpaired) electrons. The summed E-state index contributed by atoms with van der Waals surface area (Å²) in [5.74, 6) is -0.301. The maximum atomic E-state index is 13.3. The number of rotatable bonds is 11. The van der Waals surface area contributed by atoms with Crippen molar-refractivity contribution < 1.29 is 31.1 Å². The Hall–Kier alpha value is -3.36. The zero-order valence-electron chi connectivity index (χ0n) is 19.5. The second-order valence-electron chi connectivity index (χ2n) is 7.99. The highest BCUT2D eigenvalue weighted by Gasteiger charge is 2.37. The van der Waals surface area contributed by atoms with Gasteiger partial charge in [-0.2, -0.15) is 31.1 Å². The molecule has 0 saturated carbocycles. The minimum Gasteiger partial charge on any atom is -0.368 e. The first-order chi connectivity index (χ1) is 17.4. The van der Waals surface area contributed by atoms with E-state index < -0.39 is 41.4 Å². The number of anilines is 1. The van der Waals surface area contributed by atoms with E-state index in [4.69, 9.17) is 11.6 Å². The van der Waals surface area contributed by atoms with E-state index in [-0.39, 0.29) is 29.9 Å². The van der Waals surface area contributed by atoms with Crippen molar-refractivity contribution in [3.8, 4) is 0 Å². The molecule has 2 heterocycles. The third-order valence-electron chi connectivity index (χ3n) is 5.13. The molecule has 2 aromatic heterocycles. The molecule has 1 amide bonds. The zero-order chi connectivity index (χ0) is 27.2. The normalized spacial score (nSPS) is 12.1. The van der Waals surface area contributed by atoms with Crippen molar-refractivity contribution >= 4 is 23.3 Å². The molecule has 37 heavy (non-hydrogen) atoms. The highest BCUT2D eigenvalue weighted by atomic mass is 35.5. The summed E-state index contributed by atoms with van der Waals surface area (Å²) in [5, 5.41) is 17.1. The van der Waals surface area contributed by atoms with Gasteiger partial charge >= 0.3 is 12.4 Å². The number of hydrogen-bond donors (Lipinski definition) is 3. The topological polar surface area (TPSA) is 113 Å². The molecule has 3 N–H and O–H groups in total. The number of tetrazole rings is 1. The predicted octanol–water partition coefficient (Wildman–Crippen LogP) is 4.71. The maximum absolute atomic E-state index is 13.3. The number of aromatic amines is 1. The van der Waals surface area contributed by atoms with Crippen LogP contribution in [0.3, 0.4) is 0 Å². The lowest BCUT2D eigenvalue weighted by molar-refractivity contribution is -0.141. The van der Waals surface area contributed by atoms with Crippen molar-refractivity contribution in [3.05, 3.63) is 51.7 Å². The standard InChI is InChI=1S/C21H23ClF6N8O/c1-2-3-7-29-17-16(31-19(22)32-17)18(37)30-8-4-9-36-34-15(33-35-36)11-12-10-13(20(23,24)25)5-6-14(12)21(26,27)28/h5-6,10,29H,2-4,7-9,11H2,1H3,(H,30,37)(H,31,32). The van der Waals surface area contributed by atoms with Crippen molar-refractivity contribution in [2.24, 2.45) is 0 Å². The number of unbranched alkanes of at least 4 members (excludes halogenated alkanes) is 1. The number of alkyl halides is 6. The summed E-state index contributed by atoms with van der Waals surface area (Å²) in [5.41, 5.74) is -2.86. The summed E-state index contributed by atoms with van der Waals surface area (Å²) in [6.07, 6.45) is -8.08. The molecule has 3 aromatic rings. The lowest BCUT2D eigenvalue weighted by Crippen LogP contribution is -2.26. The number of nitrogens with zero attached hydrogens (tertiary/aromatic N) is 5. The predicted molar refractivity (Wildman–Crippen MR) is 121 cm³/mol. The highest BCUT2D eigenvalue weighted by Crippen LogP contribution is 2.37. The number of aromatic nitrogens is 6. The van der Waals surface area contributed by atoms with Gasteiger partial charge in [0.15, 0.2) is 11.6 Å². The molecule has 0 aliphatic rings. The van der Waals surface area contributed by atoms with Crippen LogP contribution in [0.1, 0.15) is 59.2 Å². The van der Waals surface area contributed by atoms with Gasteiger partial charge in [0.1, 0.15) is 5.69 Å². The number of benzene rings is 1. The largest absolute Gasteiger partial charge is 0.416 e. The van der Waals surface area contributed by atoms with Crippen LogP contribution in [0.15, 0.2) is 18.2 Å². The SMILES string of the molecule is CCCCNc1nc(Cl)[nH]c1C(=O)NCCCn1nnc(Cc2cc(C(F)(F)F)ccc2C(F)(F)F)n1. The third kappa shape index (κ3) is 7.81.